The van der Waals surface area contributed by atoms with Crippen molar-refractivity contribution in [2.75, 3.05) is 18.0 Å². The Morgan fingerprint density at radius 2 is 1.72 bits per heavy atom. The average Bonchev–Trinajstić information content (AvgIpc) is 2.27. The van der Waals surface area contributed by atoms with Crippen molar-refractivity contribution < 1.29 is 0 Å². The van der Waals surface area contributed by atoms with Crippen molar-refractivity contribution >= 4 is 27.5 Å². The van der Waals surface area contributed by atoms with Crippen LogP contribution in [-0.4, -0.2) is 18.9 Å². The van der Waals surface area contributed by atoms with E-state index in [-0.39, 0.29) is 5.84 Å². The summed E-state index contributed by atoms with van der Waals surface area (Å²) in [5.74, 6) is 0.138. The summed E-state index contributed by atoms with van der Waals surface area (Å²) in [6.45, 7) is 2.13. The summed E-state index contributed by atoms with van der Waals surface area (Å²) >= 11 is 3.50. The molecule has 0 atom stereocenters. The lowest BCUT2D eigenvalue weighted by molar-refractivity contribution is 0.556. The summed E-state index contributed by atoms with van der Waals surface area (Å²) in [6.07, 6.45) is 6.42. The van der Waals surface area contributed by atoms with Gasteiger partial charge in [-0.25, -0.2) is 0 Å². The Morgan fingerprint density at radius 3 is 2.33 bits per heavy atom. The Labute approximate surface area is 117 Å². The lowest BCUT2D eigenvalue weighted by atomic mass is 10.1. The third kappa shape index (κ3) is 3.05. The molecule has 0 amide bonds. The number of nitrogens with two attached hydrogens (primary N) is 1. The fourth-order valence-corrected chi connectivity index (χ4v) is 3.10. The average molecular weight is 310 g/mol. The Morgan fingerprint density at radius 1 is 1.11 bits per heavy atom. The van der Waals surface area contributed by atoms with Crippen molar-refractivity contribution in [3.63, 3.8) is 0 Å². The highest BCUT2D eigenvalue weighted by molar-refractivity contribution is 9.10. The first-order valence-corrected chi connectivity index (χ1v) is 7.37. The van der Waals surface area contributed by atoms with Crippen LogP contribution in [0.5, 0.6) is 0 Å². The zero-order valence-electron chi connectivity index (χ0n) is 10.6. The van der Waals surface area contributed by atoms with E-state index < -0.39 is 0 Å². The third-order valence-electron chi connectivity index (χ3n) is 3.46. The van der Waals surface area contributed by atoms with Gasteiger partial charge in [0.05, 0.1) is 5.56 Å². The fraction of sp³-hybridized carbons (Fsp3) is 0.500. The Hall–Kier alpha value is -1.03. The van der Waals surface area contributed by atoms with Gasteiger partial charge in [-0.1, -0.05) is 25.3 Å². The molecule has 0 aromatic heterocycles. The van der Waals surface area contributed by atoms with E-state index in [1.807, 2.05) is 12.1 Å². The van der Waals surface area contributed by atoms with Gasteiger partial charge in [0.2, 0.25) is 0 Å². The molecule has 1 fully saturated rings. The molecule has 1 aliphatic rings. The summed E-state index contributed by atoms with van der Waals surface area (Å²) in [5.41, 5.74) is 7.65. The van der Waals surface area contributed by atoms with Crippen LogP contribution in [0.4, 0.5) is 5.69 Å². The van der Waals surface area contributed by atoms with Gasteiger partial charge in [-0.15, -0.1) is 0 Å². The molecule has 18 heavy (non-hydrogen) atoms. The number of halogens is 1. The van der Waals surface area contributed by atoms with Crippen molar-refractivity contribution in [1.29, 1.82) is 5.41 Å². The highest BCUT2D eigenvalue weighted by atomic mass is 79.9. The van der Waals surface area contributed by atoms with Gasteiger partial charge in [-0.2, -0.15) is 0 Å². The fourth-order valence-electron chi connectivity index (χ4n) is 2.53. The summed E-state index contributed by atoms with van der Waals surface area (Å²) in [6, 6.07) is 6.04. The predicted octanol–water partition coefficient (Wildman–Crippen LogP) is 3.50. The van der Waals surface area contributed by atoms with Gasteiger partial charge in [-0.05, 0) is 40.9 Å². The van der Waals surface area contributed by atoms with Gasteiger partial charge in [-0.3, -0.25) is 5.41 Å². The quantitative estimate of drug-likeness (QED) is 0.649. The van der Waals surface area contributed by atoms with Crippen molar-refractivity contribution in [3.05, 3.63) is 28.2 Å². The standard InChI is InChI=1S/C14H20BrN3/c15-11-7-6-8-12(13(11)14(16)17)18-9-4-2-1-3-5-10-18/h6-8H,1-5,9-10H2,(H3,16,17). The zero-order chi connectivity index (χ0) is 13.0. The van der Waals surface area contributed by atoms with Gasteiger partial charge < -0.3 is 10.6 Å². The van der Waals surface area contributed by atoms with E-state index in [1.165, 1.54) is 32.1 Å². The third-order valence-corrected chi connectivity index (χ3v) is 4.12. The van der Waals surface area contributed by atoms with Crippen LogP contribution in [0.25, 0.3) is 0 Å². The Kier molecular flexibility index (Phi) is 4.64. The van der Waals surface area contributed by atoms with E-state index in [0.29, 0.717) is 0 Å². The molecule has 1 heterocycles. The summed E-state index contributed by atoms with van der Waals surface area (Å²) in [7, 11) is 0. The van der Waals surface area contributed by atoms with Gasteiger partial charge in [0, 0.05) is 23.2 Å². The lowest BCUT2D eigenvalue weighted by Crippen LogP contribution is -2.29. The van der Waals surface area contributed by atoms with Gasteiger partial charge in [0.15, 0.2) is 0 Å². The van der Waals surface area contributed by atoms with Crippen LogP contribution < -0.4 is 10.6 Å². The van der Waals surface area contributed by atoms with Crippen LogP contribution >= 0.6 is 15.9 Å². The predicted molar refractivity (Wildman–Crippen MR) is 80.5 cm³/mol. The zero-order valence-corrected chi connectivity index (χ0v) is 12.2. The van der Waals surface area contributed by atoms with Crippen LogP contribution in [0.15, 0.2) is 22.7 Å². The number of amidine groups is 1. The number of anilines is 1. The first-order chi connectivity index (χ1) is 8.70. The molecule has 0 aliphatic carbocycles. The number of benzene rings is 1. The smallest absolute Gasteiger partial charge is 0.126 e. The molecule has 3 nitrogen and oxygen atoms in total. The van der Waals surface area contributed by atoms with E-state index in [0.717, 1.165) is 28.8 Å². The van der Waals surface area contributed by atoms with Gasteiger partial charge >= 0.3 is 0 Å². The molecule has 4 heteroatoms. The van der Waals surface area contributed by atoms with Crippen LogP contribution in [0.2, 0.25) is 0 Å². The van der Waals surface area contributed by atoms with Crippen molar-refractivity contribution in [3.8, 4) is 0 Å². The molecule has 98 valence electrons. The van der Waals surface area contributed by atoms with E-state index in [4.69, 9.17) is 11.1 Å². The minimum absolute atomic E-state index is 0.138. The molecule has 1 saturated heterocycles. The van der Waals surface area contributed by atoms with Gasteiger partial charge in [0.25, 0.3) is 0 Å². The number of nitrogens with one attached hydrogen (secondary N) is 1. The summed E-state index contributed by atoms with van der Waals surface area (Å²) in [5, 5.41) is 7.75. The monoisotopic (exact) mass is 309 g/mol. The second-order valence-electron chi connectivity index (χ2n) is 4.80. The first-order valence-electron chi connectivity index (χ1n) is 6.58. The molecule has 0 bridgehead atoms. The molecule has 1 aromatic carbocycles. The molecule has 1 aliphatic heterocycles. The number of nitrogen functional groups attached to an aromatic ring is 1. The maximum Gasteiger partial charge on any atom is 0.126 e. The first kappa shape index (κ1) is 13.4. The minimum Gasteiger partial charge on any atom is -0.384 e. The molecule has 0 spiro atoms. The number of nitrogens with zero attached hydrogens (tertiary/aromatic N) is 1. The van der Waals surface area contributed by atoms with Crippen molar-refractivity contribution in [2.24, 2.45) is 5.73 Å². The summed E-state index contributed by atoms with van der Waals surface area (Å²) in [4.78, 5) is 2.38. The lowest BCUT2D eigenvalue weighted by Gasteiger charge is -2.29. The van der Waals surface area contributed by atoms with Crippen molar-refractivity contribution in [1.82, 2.24) is 0 Å². The molecule has 1 aromatic rings. The van der Waals surface area contributed by atoms with Crippen LogP contribution in [0, 0.1) is 5.41 Å². The Balaban J connectivity index is 2.30. The number of hydrogen-bond acceptors (Lipinski definition) is 2. The molecule has 2 rings (SSSR count). The van der Waals surface area contributed by atoms with Crippen molar-refractivity contribution in [2.45, 2.75) is 32.1 Å². The molecular formula is C14H20BrN3. The minimum atomic E-state index is 0.138. The van der Waals surface area contributed by atoms with Crippen LogP contribution in [-0.2, 0) is 0 Å². The number of hydrogen-bond donors (Lipinski definition) is 2. The second kappa shape index (κ2) is 6.23. The van der Waals surface area contributed by atoms with E-state index >= 15 is 0 Å². The largest absolute Gasteiger partial charge is 0.384 e. The normalized spacial score (nSPS) is 17.1. The highest BCUT2D eigenvalue weighted by Gasteiger charge is 2.16. The SMILES string of the molecule is N=C(N)c1c(Br)cccc1N1CCCCCCC1. The molecule has 0 unspecified atom stereocenters. The molecule has 3 N–H and O–H groups in total. The van der Waals surface area contributed by atoms with Gasteiger partial charge in [0.1, 0.15) is 5.84 Å². The van der Waals surface area contributed by atoms with E-state index in [9.17, 15) is 0 Å². The maximum atomic E-state index is 7.75. The Bertz CT molecular complexity index is 423. The number of rotatable bonds is 2. The highest BCUT2D eigenvalue weighted by Crippen LogP contribution is 2.29. The maximum absolute atomic E-state index is 7.75. The summed E-state index contributed by atoms with van der Waals surface area (Å²) < 4.78 is 0.912. The molecular weight excluding hydrogens is 290 g/mol. The van der Waals surface area contributed by atoms with Crippen LogP contribution in [0.3, 0.4) is 0 Å². The second-order valence-corrected chi connectivity index (χ2v) is 5.66. The van der Waals surface area contributed by atoms with E-state index in [1.54, 1.807) is 0 Å². The molecule has 0 radical (unpaired) electrons. The molecule has 0 saturated carbocycles. The van der Waals surface area contributed by atoms with E-state index in [2.05, 4.69) is 26.9 Å². The topological polar surface area (TPSA) is 53.1 Å². The van der Waals surface area contributed by atoms with Crippen LogP contribution in [0.1, 0.15) is 37.7 Å².